The van der Waals surface area contributed by atoms with Crippen LogP contribution in [0, 0.1) is 7.14 Å². The zero-order valence-electron chi connectivity index (χ0n) is 24.9. The summed E-state index contributed by atoms with van der Waals surface area (Å²) in [7, 11) is 1.58. The quantitative estimate of drug-likeness (QED) is 0.160. The fourth-order valence-electron chi connectivity index (χ4n) is 5.23. The number of hydrogen-bond acceptors (Lipinski definition) is 6. The molecule has 47 heavy (non-hydrogen) atoms. The van der Waals surface area contributed by atoms with Gasteiger partial charge in [-0.2, -0.15) is 0 Å². The predicted molar refractivity (Wildman–Crippen MR) is 205 cm³/mol. The minimum Gasteiger partial charge on any atom is -0.497 e. The normalized spacial score (nSPS) is 14.4. The Balaban J connectivity index is 1.47. The van der Waals surface area contributed by atoms with Gasteiger partial charge in [-0.25, -0.2) is 4.99 Å². The first-order valence-corrected chi connectivity index (χ1v) is 17.9. The van der Waals surface area contributed by atoms with Crippen LogP contribution in [0.3, 0.4) is 0 Å². The molecule has 7 nitrogen and oxygen atoms in total. The molecule has 0 bridgehead atoms. The van der Waals surface area contributed by atoms with Crippen LogP contribution in [-0.2, 0) is 11.4 Å². The molecule has 0 aliphatic carbocycles. The van der Waals surface area contributed by atoms with Gasteiger partial charge >= 0.3 is 0 Å². The largest absolute Gasteiger partial charge is 0.497 e. The van der Waals surface area contributed by atoms with E-state index in [-0.39, 0.29) is 18.1 Å². The van der Waals surface area contributed by atoms with Crippen molar-refractivity contribution in [1.82, 2.24) is 4.57 Å². The molecule has 1 aliphatic heterocycles. The van der Waals surface area contributed by atoms with E-state index < -0.39 is 6.04 Å². The van der Waals surface area contributed by atoms with Gasteiger partial charge in [-0.3, -0.25) is 14.2 Å². The van der Waals surface area contributed by atoms with E-state index in [1.54, 1.807) is 30.7 Å². The highest BCUT2D eigenvalue weighted by Gasteiger charge is 2.33. The molecule has 1 aliphatic rings. The molecule has 5 aromatic rings. The average Bonchev–Trinajstić information content (AvgIpc) is 3.34. The summed E-state index contributed by atoms with van der Waals surface area (Å²) in [4.78, 5) is 33.5. The Hall–Kier alpha value is -3.17. The summed E-state index contributed by atoms with van der Waals surface area (Å²) in [5.74, 6) is 0.882. The van der Waals surface area contributed by atoms with Crippen LogP contribution < -0.4 is 29.7 Å². The summed E-state index contributed by atoms with van der Waals surface area (Å²) in [5, 5.41) is 4.03. The monoisotopic (exact) mass is 907 g/mol. The highest BCUT2D eigenvalue weighted by atomic mass is 127. The number of nitrogens with zero attached hydrogens (tertiary/aromatic N) is 2. The zero-order chi connectivity index (χ0) is 33.2. The third-order valence-electron chi connectivity index (χ3n) is 7.42. The van der Waals surface area contributed by atoms with Gasteiger partial charge in [-0.1, -0.05) is 70.9 Å². The van der Waals surface area contributed by atoms with E-state index >= 15 is 0 Å². The lowest BCUT2D eigenvalue weighted by atomic mass is 9.95. The number of carbonyl (C=O) groups is 1. The standard InChI is InChI=1S/C35H25Cl2I2N3O4S/c1-19-30(33(43)41-25-8-4-3-5-9-25)31(20-7-6-10-26(14-20)45-2)42-34(44)29(47-35(42)40-19)15-22-13-24(38)17-28(39)32(22)46-18-21-11-12-23(36)16-27(21)37/h3-17,31H,18H2,1-2H3,(H,41,43)/b29-15-/t31-/m0/s1. The van der Waals surface area contributed by atoms with E-state index in [9.17, 15) is 9.59 Å². The molecule has 1 atom stereocenters. The van der Waals surface area contributed by atoms with E-state index in [0.29, 0.717) is 47.8 Å². The van der Waals surface area contributed by atoms with Gasteiger partial charge in [0.2, 0.25) is 0 Å². The number of amides is 1. The summed E-state index contributed by atoms with van der Waals surface area (Å²) in [5.41, 5.74) is 3.48. The van der Waals surface area contributed by atoms with E-state index in [1.165, 1.54) is 11.3 Å². The van der Waals surface area contributed by atoms with Gasteiger partial charge in [0.25, 0.3) is 11.5 Å². The lowest BCUT2D eigenvalue weighted by Gasteiger charge is -2.25. The number of rotatable bonds is 8. The number of nitrogens with one attached hydrogen (secondary N) is 1. The Kier molecular flexibility index (Phi) is 10.4. The highest BCUT2D eigenvalue weighted by Crippen LogP contribution is 2.34. The SMILES string of the molecule is COc1cccc([C@H]2C(C(=O)Nc3ccccc3)=C(C)N=c3s/c(=C\c4cc(I)cc(I)c4OCc4ccc(Cl)cc4Cl)c(=O)n32)c1. The number of methoxy groups -OCH3 is 1. The first-order valence-electron chi connectivity index (χ1n) is 14.2. The van der Waals surface area contributed by atoms with Gasteiger partial charge in [0, 0.05) is 30.4 Å². The number of aromatic nitrogens is 1. The van der Waals surface area contributed by atoms with Gasteiger partial charge < -0.3 is 14.8 Å². The Morgan fingerprint density at radius 3 is 2.57 bits per heavy atom. The maximum Gasteiger partial charge on any atom is 0.271 e. The van der Waals surface area contributed by atoms with Crippen LogP contribution in [0.15, 0.2) is 106 Å². The van der Waals surface area contributed by atoms with Crippen molar-refractivity contribution in [2.24, 2.45) is 4.99 Å². The minimum absolute atomic E-state index is 0.212. The smallest absolute Gasteiger partial charge is 0.271 e. The van der Waals surface area contributed by atoms with Crippen molar-refractivity contribution in [2.75, 3.05) is 12.4 Å². The third-order valence-corrected chi connectivity index (χ3v) is 10.4. The van der Waals surface area contributed by atoms with Crippen LogP contribution in [0.5, 0.6) is 11.5 Å². The molecule has 0 radical (unpaired) electrons. The van der Waals surface area contributed by atoms with Crippen molar-refractivity contribution >= 4 is 97.4 Å². The highest BCUT2D eigenvalue weighted by molar-refractivity contribution is 14.1. The van der Waals surface area contributed by atoms with Gasteiger partial charge in [-0.15, -0.1) is 0 Å². The number of ether oxygens (including phenoxy) is 2. The van der Waals surface area contributed by atoms with Crippen molar-refractivity contribution in [3.05, 3.63) is 150 Å². The molecular formula is C35H25Cl2I2N3O4S. The summed E-state index contributed by atoms with van der Waals surface area (Å²) in [6.45, 7) is 2.00. The Bertz CT molecular complexity index is 2240. The molecular weight excluding hydrogens is 883 g/mol. The Morgan fingerprint density at radius 2 is 1.83 bits per heavy atom. The van der Waals surface area contributed by atoms with Crippen molar-refractivity contribution in [3.63, 3.8) is 0 Å². The lowest BCUT2D eigenvalue weighted by Crippen LogP contribution is -2.40. The second-order valence-electron chi connectivity index (χ2n) is 10.5. The van der Waals surface area contributed by atoms with Crippen LogP contribution in [0.1, 0.15) is 29.7 Å². The summed E-state index contributed by atoms with van der Waals surface area (Å²) in [6, 6.07) is 25.1. The first-order chi connectivity index (χ1) is 22.6. The van der Waals surface area contributed by atoms with E-state index in [4.69, 9.17) is 37.7 Å². The number of thiazole rings is 1. The van der Waals surface area contributed by atoms with Crippen molar-refractivity contribution in [3.8, 4) is 11.5 Å². The molecule has 0 spiro atoms. The molecule has 4 aromatic carbocycles. The van der Waals surface area contributed by atoms with Crippen LogP contribution in [0.25, 0.3) is 6.08 Å². The molecule has 6 rings (SSSR count). The maximum absolute atomic E-state index is 14.3. The molecule has 2 heterocycles. The Morgan fingerprint density at radius 1 is 1.04 bits per heavy atom. The number of carbonyl (C=O) groups excluding carboxylic acids is 1. The molecule has 1 N–H and O–H groups in total. The molecule has 1 amide bonds. The number of benzene rings is 4. The number of hydrogen-bond donors (Lipinski definition) is 1. The fraction of sp³-hybridized carbons (Fsp3) is 0.114. The zero-order valence-corrected chi connectivity index (χ0v) is 31.5. The van der Waals surface area contributed by atoms with Crippen LogP contribution in [0.4, 0.5) is 5.69 Å². The number of allylic oxidation sites excluding steroid dienone is 1. The van der Waals surface area contributed by atoms with Crippen molar-refractivity contribution in [2.45, 2.75) is 19.6 Å². The number of anilines is 1. The van der Waals surface area contributed by atoms with Crippen LogP contribution in [-0.4, -0.2) is 17.6 Å². The van der Waals surface area contributed by atoms with E-state index in [1.807, 2.05) is 78.9 Å². The topological polar surface area (TPSA) is 81.9 Å². The molecule has 0 saturated carbocycles. The summed E-state index contributed by atoms with van der Waals surface area (Å²) >= 11 is 18.2. The molecule has 1 aromatic heterocycles. The second-order valence-corrected chi connectivity index (χ2v) is 14.8. The van der Waals surface area contributed by atoms with Crippen molar-refractivity contribution in [1.29, 1.82) is 0 Å². The second kappa shape index (κ2) is 14.5. The van der Waals surface area contributed by atoms with Gasteiger partial charge in [-0.05, 0) is 112 Å². The molecule has 238 valence electrons. The summed E-state index contributed by atoms with van der Waals surface area (Å²) < 4.78 is 15.7. The molecule has 0 unspecified atom stereocenters. The molecule has 0 saturated heterocycles. The average molecular weight is 908 g/mol. The maximum atomic E-state index is 14.3. The fourth-order valence-corrected chi connectivity index (χ4v) is 8.77. The molecule has 12 heteroatoms. The number of fused-ring (bicyclic) bond motifs is 1. The van der Waals surface area contributed by atoms with Crippen LogP contribution in [0.2, 0.25) is 10.0 Å². The van der Waals surface area contributed by atoms with Gasteiger partial charge in [0.1, 0.15) is 18.1 Å². The summed E-state index contributed by atoms with van der Waals surface area (Å²) in [6.07, 6.45) is 1.82. The predicted octanol–water partition coefficient (Wildman–Crippen LogP) is 7.98. The van der Waals surface area contributed by atoms with Gasteiger partial charge in [0.15, 0.2) is 4.80 Å². The van der Waals surface area contributed by atoms with E-state index in [2.05, 4.69) is 50.5 Å². The van der Waals surface area contributed by atoms with Crippen molar-refractivity contribution < 1.29 is 14.3 Å². The van der Waals surface area contributed by atoms with Gasteiger partial charge in [0.05, 0.1) is 32.5 Å². The lowest BCUT2D eigenvalue weighted by molar-refractivity contribution is -0.113. The third kappa shape index (κ3) is 7.31. The number of para-hydroxylation sites is 1. The van der Waals surface area contributed by atoms with E-state index in [0.717, 1.165) is 23.8 Å². The molecule has 0 fully saturated rings. The Labute approximate surface area is 311 Å². The minimum atomic E-state index is -0.744. The number of halogens is 4. The van der Waals surface area contributed by atoms with Crippen LogP contribution >= 0.6 is 79.7 Å². The first kappa shape index (κ1) is 33.7.